The summed E-state index contributed by atoms with van der Waals surface area (Å²) >= 11 is 1.48. The highest BCUT2D eigenvalue weighted by atomic mass is 32.1. The van der Waals surface area contributed by atoms with Crippen LogP contribution in [0.5, 0.6) is 0 Å². The van der Waals surface area contributed by atoms with Gasteiger partial charge >= 0.3 is 0 Å². The molecule has 2 aromatic carbocycles. The fourth-order valence-corrected chi connectivity index (χ4v) is 4.25. The summed E-state index contributed by atoms with van der Waals surface area (Å²) < 4.78 is 19.1. The fraction of sp³-hybridized carbons (Fsp3) is 0.154. The lowest BCUT2D eigenvalue weighted by Crippen LogP contribution is -2.43. The summed E-state index contributed by atoms with van der Waals surface area (Å²) in [5, 5.41) is 4.84. The number of carbonyl (C=O) groups excluding carboxylic acids is 2. The molecule has 0 aliphatic carbocycles. The van der Waals surface area contributed by atoms with Gasteiger partial charge in [0.25, 0.3) is 0 Å². The van der Waals surface area contributed by atoms with Crippen LogP contribution in [-0.2, 0) is 29.1 Å². The summed E-state index contributed by atoms with van der Waals surface area (Å²) in [5.41, 5.74) is 1.46. The lowest BCUT2D eigenvalue weighted by atomic mass is 10.0. The van der Waals surface area contributed by atoms with Crippen LogP contribution in [0, 0.1) is 5.82 Å². The van der Waals surface area contributed by atoms with Gasteiger partial charge in [0.2, 0.25) is 11.8 Å². The number of carbonyl (C=O) groups is 2. The number of nitrogens with zero attached hydrogens (tertiary/aromatic N) is 1. The van der Waals surface area contributed by atoms with Crippen molar-refractivity contribution in [2.24, 2.45) is 0 Å². The van der Waals surface area contributed by atoms with Gasteiger partial charge in [-0.3, -0.25) is 9.59 Å². The van der Waals surface area contributed by atoms with Gasteiger partial charge < -0.3 is 14.6 Å². The molecular weight excluding hydrogens is 439 g/mol. The van der Waals surface area contributed by atoms with Crippen LogP contribution in [0.1, 0.15) is 27.8 Å². The predicted molar refractivity (Wildman–Crippen MR) is 125 cm³/mol. The van der Waals surface area contributed by atoms with Crippen molar-refractivity contribution in [3.05, 3.63) is 118 Å². The van der Waals surface area contributed by atoms with Crippen molar-refractivity contribution in [3.8, 4) is 0 Å². The third kappa shape index (κ3) is 5.96. The Morgan fingerprint density at radius 2 is 1.76 bits per heavy atom. The third-order valence-corrected chi connectivity index (χ3v) is 6.06. The highest BCUT2D eigenvalue weighted by molar-refractivity contribution is 7.10. The van der Waals surface area contributed by atoms with E-state index in [1.807, 2.05) is 47.8 Å². The topological polar surface area (TPSA) is 62.6 Å². The molecule has 168 valence electrons. The monoisotopic (exact) mass is 462 g/mol. The molecule has 1 unspecified atom stereocenters. The number of hydrogen-bond donors (Lipinski definition) is 1. The van der Waals surface area contributed by atoms with E-state index >= 15 is 0 Å². The first-order valence-corrected chi connectivity index (χ1v) is 11.4. The van der Waals surface area contributed by atoms with Crippen molar-refractivity contribution < 1.29 is 18.4 Å². The van der Waals surface area contributed by atoms with Gasteiger partial charge in [-0.25, -0.2) is 4.39 Å². The van der Waals surface area contributed by atoms with Gasteiger partial charge in [0.05, 0.1) is 19.2 Å². The summed E-state index contributed by atoms with van der Waals surface area (Å²) in [6, 6.07) is 21.5. The highest BCUT2D eigenvalue weighted by Gasteiger charge is 2.32. The van der Waals surface area contributed by atoms with E-state index in [9.17, 15) is 14.0 Å². The molecule has 33 heavy (non-hydrogen) atoms. The van der Waals surface area contributed by atoms with E-state index < -0.39 is 11.9 Å². The Kier molecular flexibility index (Phi) is 7.32. The summed E-state index contributed by atoms with van der Waals surface area (Å²) in [6.45, 7) is 0.420. The van der Waals surface area contributed by atoms with Crippen LogP contribution in [0.15, 0.2) is 94.9 Å². The van der Waals surface area contributed by atoms with E-state index in [4.69, 9.17) is 4.42 Å². The fourth-order valence-electron chi connectivity index (χ4n) is 3.56. The number of halogens is 1. The lowest BCUT2D eigenvalue weighted by Gasteiger charge is -2.31. The molecule has 0 aliphatic heterocycles. The SMILES string of the molecule is O=C(NCc1ccccc1)C(c1ccc(F)cc1)N(Cc1ccco1)C(=O)Cc1cccs1. The largest absolute Gasteiger partial charge is 0.467 e. The van der Waals surface area contributed by atoms with Crippen LogP contribution >= 0.6 is 11.3 Å². The summed E-state index contributed by atoms with van der Waals surface area (Å²) in [4.78, 5) is 29.3. The Bertz CT molecular complexity index is 1160. The van der Waals surface area contributed by atoms with E-state index in [1.165, 1.54) is 46.8 Å². The van der Waals surface area contributed by atoms with Gasteiger partial charge in [-0.15, -0.1) is 11.3 Å². The number of hydrogen-bond acceptors (Lipinski definition) is 4. The average Bonchev–Trinajstić information content (AvgIpc) is 3.53. The Hall–Kier alpha value is -3.71. The van der Waals surface area contributed by atoms with Crippen LogP contribution in [0.4, 0.5) is 4.39 Å². The van der Waals surface area contributed by atoms with Crippen molar-refractivity contribution in [1.29, 1.82) is 0 Å². The van der Waals surface area contributed by atoms with E-state index in [2.05, 4.69) is 5.32 Å². The molecule has 0 saturated carbocycles. The zero-order chi connectivity index (χ0) is 23.0. The van der Waals surface area contributed by atoms with Gasteiger partial charge in [0.15, 0.2) is 0 Å². The Balaban J connectivity index is 1.65. The van der Waals surface area contributed by atoms with Crippen LogP contribution in [0.2, 0.25) is 0 Å². The van der Waals surface area contributed by atoms with E-state index in [0.29, 0.717) is 17.9 Å². The third-order valence-electron chi connectivity index (χ3n) is 5.19. The molecule has 2 heterocycles. The van der Waals surface area contributed by atoms with Gasteiger partial charge in [-0.1, -0.05) is 48.5 Å². The Labute approximate surface area is 195 Å². The number of thiophene rings is 1. The molecule has 0 bridgehead atoms. The number of benzene rings is 2. The molecule has 0 saturated heterocycles. The minimum absolute atomic E-state index is 0.109. The second-order valence-corrected chi connectivity index (χ2v) is 8.55. The minimum atomic E-state index is -0.952. The first-order valence-electron chi connectivity index (χ1n) is 10.5. The van der Waals surface area contributed by atoms with Crippen molar-refractivity contribution in [2.45, 2.75) is 25.6 Å². The predicted octanol–water partition coefficient (Wildman–Crippen LogP) is 5.11. The molecule has 2 aromatic heterocycles. The maximum Gasteiger partial charge on any atom is 0.247 e. The molecule has 5 nitrogen and oxygen atoms in total. The second-order valence-electron chi connectivity index (χ2n) is 7.51. The molecular formula is C26H23FN2O3S. The lowest BCUT2D eigenvalue weighted by molar-refractivity contribution is -0.141. The summed E-state index contributed by atoms with van der Waals surface area (Å²) in [6.07, 6.45) is 1.68. The molecule has 1 N–H and O–H groups in total. The van der Waals surface area contributed by atoms with Gasteiger partial charge in [0.1, 0.15) is 17.6 Å². The molecule has 0 spiro atoms. The smallest absolute Gasteiger partial charge is 0.247 e. The number of nitrogens with one attached hydrogen (secondary N) is 1. The normalized spacial score (nSPS) is 11.7. The molecule has 4 rings (SSSR count). The number of rotatable bonds is 9. The molecule has 0 radical (unpaired) electrons. The minimum Gasteiger partial charge on any atom is -0.467 e. The van der Waals surface area contributed by atoms with E-state index in [-0.39, 0.29) is 24.8 Å². The highest BCUT2D eigenvalue weighted by Crippen LogP contribution is 2.26. The molecule has 0 aliphatic rings. The number of furan rings is 1. The number of amides is 2. The van der Waals surface area contributed by atoms with Crippen LogP contribution < -0.4 is 5.32 Å². The van der Waals surface area contributed by atoms with Crippen molar-refractivity contribution in [2.75, 3.05) is 0 Å². The Morgan fingerprint density at radius 1 is 0.970 bits per heavy atom. The van der Waals surface area contributed by atoms with Crippen molar-refractivity contribution in [3.63, 3.8) is 0 Å². The van der Waals surface area contributed by atoms with Crippen molar-refractivity contribution in [1.82, 2.24) is 10.2 Å². The molecule has 1 atom stereocenters. The molecule has 2 amide bonds. The molecule has 0 fully saturated rings. The van der Waals surface area contributed by atoms with E-state index in [1.54, 1.807) is 12.1 Å². The van der Waals surface area contributed by atoms with Gasteiger partial charge in [0, 0.05) is 11.4 Å². The summed E-state index contributed by atoms with van der Waals surface area (Å²) in [5.74, 6) is -0.434. The average molecular weight is 463 g/mol. The molecule has 4 aromatic rings. The first kappa shape index (κ1) is 22.5. The molecule has 7 heteroatoms. The van der Waals surface area contributed by atoms with E-state index in [0.717, 1.165) is 10.4 Å². The second kappa shape index (κ2) is 10.7. The van der Waals surface area contributed by atoms with Crippen LogP contribution in [0.25, 0.3) is 0 Å². The van der Waals surface area contributed by atoms with Crippen molar-refractivity contribution >= 4 is 23.2 Å². The zero-order valence-electron chi connectivity index (χ0n) is 17.8. The summed E-state index contributed by atoms with van der Waals surface area (Å²) in [7, 11) is 0. The quantitative estimate of drug-likeness (QED) is 0.376. The van der Waals surface area contributed by atoms with Crippen LogP contribution in [0.3, 0.4) is 0 Å². The van der Waals surface area contributed by atoms with Crippen LogP contribution in [-0.4, -0.2) is 16.7 Å². The zero-order valence-corrected chi connectivity index (χ0v) is 18.6. The standard InChI is InChI=1S/C26H23FN2O3S/c27-21-12-10-20(11-13-21)25(26(31)28-17-19-6-2-1-3-7-19)29(18-22-8-4-14-32-22)24(30)16-23-9-5-15-33-23/h1-15,25H,16-18H2,(H,28,31). The van der Waals surface area contributed by atoms with Gasteiger partial charge in [-0.2, -0.15) is 0 Å². The van der Waals surface area contributed by atoms with Gasteiger partial charge in [-0.05, 0) is 46.8 Å². The first-order chi connectivity index (χ1) is 16.1. The maximum atomic E-state index is 13.6. The maximum absolute atomic E-state index is 13.6. The Morgan fingerprint density at radius 3 is 2.42 bits per heavy atom.